The zero-order valence-electron chi connectivity index (χ0n) is 13.8. The lowest BCUT2D eigenvalue weighted by atomic mass is 10.2. The van der Waals surface area contributed by atoms with Crippen LogP contribution in [0.3, 0.4) is 0 Å². The minimum absolute atomic E-state index is 0.360. The maximum absolute atomic E-state index is 12.6. The van der Waals surface area contributed by atoms with Gasteiger partial charge in [0.25, 0.3) is 5.89 Å². The minimum atomic E-state index is -0.457. The Kier molecular flexibility index (Phi) is 2.73. The molecule has 0 amide bonds. The summed E-state index contributed by atoms with van der Waals surface area (Å²) in [5.41, 5.74) is 2.63. The molecule has 8 heteroatoms. The molecule has 126 valence electrons. The summed E-state index contributed by atoms with van der Waals surface area (Å²) in [5, 5.41) is 16.7. The smallest absolute Gasteiger partial charge is 0.259 e. The third-order valence-corrected chi connectivity index (χ3v) is 4.90. The number of hydrogen-bond acceptors (Lipinski definition) is 6. The zero-order chi connectivity index (χ0) is 17.2. The molecule has 1 aliphatic carbocycles. The standard InChI is InChI=1S/C17H15N5O3/c1-10-14-13(15-19-16(25-20-15)17(24-2)7-8-17)18-9-21(14)11-5-3-4-6-12(11)22(10)23/h3-6,9H,7-8H2,1-2H3. The van der Waals surface area contributed by atoms with Gasteiger partial charge in [-0.2, -0.15) is 9.71 Å². The van der Waals surface area contributed by atoms with Crippen LogP contribution in [0.2, 0.25) is 0 Å². The summed E-state index contributed by atoms with van der Waals surface area (Å²) < 4.78 is 13.7. The Morgan fingerprint density at radius 2 is 2.12 bits per heavy atom. The first-order valence-corrected chi connectivity index (χ1v) is 8.02. The second-order valence-corrected chi connectivity index (χ2v) is 6.30. The Hall–Kier alpha value is -3.00. The number of aryl methyl sites for hydroxylation is 1. The van der Waals surface area contributed by atoms with Crippen molar-refractivity contribution in [1.29, 1.82) is 0 Å². The molecule has 1 saturated carbocycles. The van der Waals surface area contributed by atoms with Gasteiger partial charge in [0.1, 0.15) is 28.7 Å². The second kappa shape index (κ2) is 4.76. The number of nitrogens with zero attached hydrogens (tertiary/aromatic N) is 5. The molecular weight excluding hydrogens is 322 g/mol. The summed E-state index contributed by atoms with van der Waals surface area (Å²) in [6.07, 6.45) is 3.40. The van der Waals surface area contributed by atoms with E-state index in [0.29, 0.717) is 34.1 Å². The fraction of sp³-hybridized carbons (Fsp3) is 0.294. The van der Waals surface area contributed by atoms with Gasteiger partial charge in [0.2, 0.25) is 17.0 Å². The van der Waals surface area contributed by atoms with Crippen molar-refractivity contribution in [3.05, 3.63) is 47.4 Å². The lowest BCUT2D eigenvalue weighted by Crippen LogP contribution is -2.32. The van der Waals surface area contributed by atoms with Gasteiger partial charge in [0.05, 0.1) is 0 Å². The number of aromatic nitrogens is 5. The molecule has 0 atom stereocenters. The predicted molar refractivity (Wildman–Crippen MR) is 87.6 cm³/mol. The van der Waals surface area contributed by atoms with Crippen molar-refractivity contribution >= 4 is 16.6 Å². The van der Waals surface area contributed by atoms with Crippen molar-refractivity contribution in [3.63, 3.8) is 0 Å². The van der Waals surface area contributed by atoms with Gasteiger partial charge in [0.15, 0.2) is 0 Å². The number of fused-ring (bicyclic) bond motifs is 3. The molecule has 0 aliphatic heterocycles. The number of hydrogen-bond donors (Lipinski definition) is 0. The molecule has 8 nitrogen and oxygen atoms in total. The highest BCUT2D eigenvalue weighted by Gasteiger charge is 2.50. The maximum atomic E-state index is 12.6. The SMILES string of the molecule is COC1(c2nc(-c3ncn4c3c(C)[n+]([O-])c3ccccc34)no2)CC1. The van der Waals surface area contributed by atoms with Gasteiger partial charge in [-0.25, -0.2) is 4.98 Å². The third-order valence-electron chi connectivity index (χ3n) is 4.90. The van der Waals surface area contributed by atoms with E-state index < -0.39 is 5.60 Å². The maximum Gasteiger partial charge on any atom is 0.259 e. The summed E-state index contributed by atoms with van der Waals surface area (Å²) in [6.45, 7) is 1.76. The summed E-state index contributed by atoms with van der Waals surface area (Å²) in [4.78, 5) is 8.91. The highest BCUT2D eigenvalue weighted by atomic mass is 16.5. The monoisotopic (exact) mass is 337 g/mol. The molecule has 1 aromatic carbocycles. The molecule has 0 radical (unpaired) electrons. The van der Waals surface area contributed by atoms with Crippen LogP contribution in [0.4, 0.5) is 0 Å². The molecule has 0 unspecified atom stereocenters. The van der Waals surface area contributed by atoms with Crippen molar-refractivity contribution in [2.75, 3.05) is 7.11 Å². The third kappa shape index (κ3) is 1.85. The fourth-order valence-corrected chi connectivity index (χ4v) is 3.28. The predicted octanol–water partition coefficient (Wildman–Crippen LogP) is 2.11. The summed E-state index contributed by atoms with van der Waals surface area (Å²) in [6, 6.07) is 7.40. The van der Waals surface area contributed by atoms with Crippen molar-refractivity contribution < 1.29 is 14.0 Å². The van der Waals surface area contributed by atoms with Crippen LogP contribution in [0.1, 0.15) is 24.4 Å². The first-order chi connectivity index (χ1) is 12.1. The van der Waals surface area contributed by atoms with Crippen LogP contribution in [0, 0.1) is 12.1 Å². The highest BCUT2D eigenvalue weighted by molar-refractivity contribution is 5.82. The Morgan fingerprint density at radius 3 is 2.88 bits per heavy atom. The first kappa shape index (κ1) is 14.4. The zero-order valence-corrected chi connectivity index (χ0v) is 13.8. The molecule has 3 heterocycles. The highest BCUT2D eigenvalue weighted by Crippen LogP contribution is 2.48. The van der Waals surface area contributed by atoms with E-state index in [0.717, 1.165) is 23.1 Å². The number of benzene rings is 1. The van der Waals surface area contributed by atoms with Crippen molar-refractivity contribution in [2.24, 2.45) is 0 Å². The van der Waals surface area contributed by atoms with E-state index in [1.54, 1.807) is 26.4 Å². The largest absolute Gasteiger partial charge is 0.618 e. The molecular formula is C17H15N5O3. The van der Waals surface area contributed by atoms with E-state index in [1.807, 2.05) is 22.6 Å². The minimum Gasteiger partial charge on any atom is -0.618 e. The van der Waals surface area contributed by atoms with E-state index in [4.69, 9.17) is 9.26 Å². The van der Waals surface area contributed by atoms with Crippen molar-refractivity contribution in [1.82, 2.24) is 19.5 Å². The van der Waals surface area contributed by atoms with Crippen LogP contribution in [-0.4, -0.2) is 26.6 Å². The van der Waals surface area contributed by atoms with Gasteiger partial charge in [0, 0.05) is 20.1 Å². The molecule has 25 heavy (non-hydrogen) atoms. The Bertz CT molecular complexity index is 1130. The van der Waals surface area contributed by atoms with Gasteiger partial charge in [-0.3, -0.25) is 4.40 Å². The van der Waals surface area contributed by atoms with E-state index in [9.17, 15) is 5.21 Å². The molecule has 1 fully saturated rings. The summed E-state index contributed by atoms with van der Waals surface area (Å²) in [7, 11) is 1.64. The number of rotatable bonds is 3. The van der Waals surface area contributed by atoms with Gasteiger partial charge in [-0.15, -0.1) is 0 Å². The molecule has 0 bridgehead atoms. The number of para-hydroxylation sites is 2. The fourth-order valence-electron chi connectivity index (χ4n) is 3.28. The molecule has 4 aromatic rings. The Morgan fingerprint density at radius 1 is 1.32 bits per heavy atom. The second-order valence-electron chi connectivity index (χ2n) is 6.30. The lowest BCUT2D eigenvalue weighted by Gasteiger charge is -2.08. The summed E-state index contributed by atoms with van der Waals surface area (Å²) >= 11 is 0. The molecule has 0 N–H and O–H groups in total. The molecule has 3 aromatic heterocycles. The van der Waals surface area contributed by atoms with E-state index in [1.165, 1.54) is 0 Å². The van der Waals surface area contributed by atoms with Crippen LogP contribution in [0.5, 0.6) is 0 Å². The normalized spacial score (nSPS) is 15.9. The first-order valence-electron chi connectivity index (χ1n) is 8.02. The van der Waals surface area contributed by atoms with Gasteiger partial charge in [-0.1, -0.05) is 17.3 Å². The van der Waals surface area contributed by atoms with Crippen molar-refractivity contribution in [3.8, 4) is 11.5 Å². The van der Waals surface area contributed by atoms with Crippen molar-refractivity contribution in [2.45, 2.75) is 25.4 Å². The summed E-state index contributed by atoms with van der Waals surface area (Å²) in [5.74, 6) is 0.818. The van der Waals surface area contributed by atoms with Crippen LogP contribution in [-0.2, 0) is 10.3 Å². The number of methoxy groups -OCH3 is 1. The average Bonchev–Trinajstić information content (AvgIpc) is 3.07. The lowest BCUT2D eigenvalue weighted by molar-refractivity contribution is -0.583. The van der Waals surface area contributed by atoms with Gasteiger partial charge in [-0.05, 0) is 18.9 Å². The quantitative estimate of drug-likeness (QED) is 0.420. The van der Waals surface area contributed by atoms with E-state index >= 15 is 0 Å². The number of imidazole rings is 1. The number of ether oxygens (including phenoxy) is 1. The molecule has 1 aliphatic rings. The van der Waals surface area contributed by atoms with Crippen LogP contribution < -0.4 is 4.73 Å². The van der Waals surface area contributed by atoms with Crippen LogP contribution in [0.15, 0.2) is 35.1 Å². The topological polar surface area (TPSA) is 92.4 Å². The molecule has 5 rings (SSSR count). The van der Waals surface area contributed by atoms with E-state index in [2.05, 4.69) is 15.1 Å². The molecule has 0 saturated heterocycles. The Balaban J connectivity index is 1.76. The van der Waals surface area contributed by atoms with Gasteiger partial charge >= 0.3 is 0 Å². The van der Waals surface area contributed by atoms with Gasteiger partial charge < -0.3 is 14.5 Å². The Labute approximate surface area is 142 Å². The average molecular weight is 337 g/mol. The molecule has 0 spiro atoms. The van der Waals surface area contributed by atoms with Crippen LogP contribution in [0.25, 0.3) is 28.1 Å². The van der Waals surface area contributed by atoms with E-state index in [-0.39, 0.29) is 0 Å². The van der Waals surface area contributed by atoms with Crippen LogP contribution >= 0.6 is 0 Å².